The zero-order valence-electron chi connectivity index (χ0n) is 13.5. The van der Waals surface area contributed by atoms with E-state index in [0.717, 1.165) is 25.0 Å². The van der Waals surface area contributed by atoms with E-state index in [0.29, 0.717) is 12.1 Å². The minimum absolute atomic E-state index is 0.198. The molecule has 1 aliphatic rings. The van der Waals surface area contributed by atoms with Gasteiger partial charge in [-0.1, -0.05) is 23.4 Å². The van der Waals surface area contributed by atoms with Gasteiger partial charge in [0.25, 0.3) is 5.91 Å². The summed E-state index contributed by atoms with van der Waals surface area (Å²) in [6.45, 7) is 0.574. The van der Waals surface area contributed by atoms with E-state index in [1.807, 2.05) is 0 Å². The molecule has 0 aliphatic heterocycles. The Kier molecular flexibility index (Phi) is 4.01. The summed E-state index contributed by atoms with van der Waals surface area (Å²) < 4.78 is 15.1. The van der Waals surface area contributed by atoms with E-state index in [1.165, 1.54) is 28.2 Å². The maximum atomic E-state index is 13.7. The molecule has 1 aliphatic carbocycles. The number of nitrogens with zero attached hydrogens (tertiary/aromatic N) is 4. The first-order valence-electron chi connectivity index (χ1n) is 8.17. The number of aryl methyl sites for hydroxylation is 1. The third-order valence-corrected chi connectivity index (χ3v) is 4.37. The molecule has 0 saturated heterocycles. The van der Waals surface area contributed by atoms with E-state index in [2.05, 4.69) is 25.8 Å². The number of benzene rings is 1. The number of aromatic nitrogens is 5. The molecule has 4 rings (SSSR count). The molecular weight excluding hydrogens is 323 g/mol. The molecule has 0 unspecified atom stereocenters. The fourth-order valence-corrected chi connectivity index (χ4v) is 3.07. The first kappa shape index (κ1) is 15.5. The van der Waals surface area contributed by atoms with Crippen LogP contribution in [-0.4, -0.2) is 31.1 Å². The first-order valence-corrected chi connectivity index (χ1v) is 8.17. The summed E-state index contributed by atoms with van der Waals surface area (Å²) in [7, 11) is 0. The number of nitrogens with one attached hydrogen (secondary N) is 2. The number of fused-ring (bicyclic) bond motifs is 1. The van der Waals surface area contributed by atoms with Crippen molar-refractivity contribution in [1.82, 2.24) is 30.5 Å². The topological polar surface area (TPSA) is 88.5 Å². The number of hydrogen-bond donors (Lipinski definition) is 2. The molecule has 0 atom stereocenters. The predicted molar refractivity (Wildman–Crippen MR) is 87.3 cm³/mol. The Hall–Kier alpha value is -3.03. The second kappa shape index (κ2) is 6.46. The van der Waals surface area contributed by atoms with Gasteiger partial charge in [0.05, 0.1) is 25.0 Å². The number of amides is 1. The largest absolute Gasteiger partial charge is 0.345 e. The number of aromatic amines is 1. The Morgan fingerprint density at radius 2 is 2.20 bits per heavy atom. The molecule has 2 heterocycles. The van der Waals surface area contributed by atoms with E-state index < -0.39 is 0 Å². The van der Waals surface area contributed by atoms with Gasteiger partial charge in [-0.3, -0.25) is 9.89 Å². The van der Waals surface area contributed by atoms with E-state index in [9.17, 15) is 9.18 Å². The summed E-state index contributed by atoms with van der Waals surface area (Å²) >= 11 is 0. The molecule has 25 heavy (non-hydrogen) atoms. The van der Waals surface area contributed by atoms with Crippen LogP contribution < -0.4 is 5.32 Å². The smallest absolute Gasteiger partial charge is 0.273 e. The Balaban J connectivity index is 1.39. The highest BCUT2D eigenvalue weighted by Gasteiger charge is 2.19. The predicted octanol–water partition coefficient (Wildman–Crippen LogP) is 1.61. The summed E-state index contributed by atoms with van der Waals surface area (Å²) in [5, 5.41) is 17.8. The first-order chi connectivity index (χ1) is 12.2. The van der Waals surface area contributed by atoms with Gasteiger partial charge in [-0.15, -0.1) is 5.10 Å². The Bertz CT molecular complexity index is 916. The van der Waals surface area contributed by atoms with Crippen molar-refractivity contribution in [3.8, 4) is 0 Å². The number of hydrogen-bond acceptors (Lipinski definition) is 4. The normalized spacial score (nSPS) is 13.0. The molecule has 8 heteroatoms. The van der Waals surface area contributed by atoms with Gasteiger partial charge in [-0.25, -0.2) is 9.07 Å². The van der Waals surface area contributed by atoms with Crippen molar-refractivity contribution in [1.29, 1.82) is 0 Å². The molecule has 7 nitrogen and oxygen atoms in total. The van der Waals surface area contributed by atoms with Crippen LogP contribution in [0.1, 0.15) is 39.4 Å². The third-order valence-electron chi connectivity index (χ3n) is 4.37. The van der Waals surface area contributed by atoms with Gasteiger partial charge in [-0.2, -0.15) is 5.10 Å². The van der Waals surface area contributed by atoms with Crippen LogP contribution in [0.2, 0.25) is 0 Å². The number of carbonyl (C=O) groups excluding carboxylic acids is 1. The van der Waals surface area contributed by atoms with Crippen molar-refractivity contribution in [2.45, 2.75) is 32.4 Å². The standard InChI is InChI=1S/C17H17FN6O/c18-13-6-2-1-4-11(13)9-24-10-16(22-23-24)17(25)19-8-15-12-5-3-7-14(12)20-21-15/h1-2,4,6,10H,3,5,7-9H2,(H,19,25)(H,20,21). The van der Waals surface area contributed by atoms with Crippen molar-refractivity contribution in [3.63, 3.8) is 0 Å². The summed E-state index contributed by atoms with van der Waals surface area (Å²) in [4.78, 5) is 12.2. The molecule has 2 N–H and O–H groups in total. The lowest BCUT2D eigenvalue weighted by Crippen LogP contribution is -2.24. The minimum atomic E-state index is -0.325. The molecule has 0 saturated carbocycles. The molecule has 3 aromatic rings. The number of halogens is 1. The minimum Gasteiger partial charge on any atom is -0.345 e. The molecular formula is C17H17FN6O. The Labute approximate surface area is 143 Å². The van der Waals surface area contributed by atoms with Gasteiger partial charge in [0.15, 0.2) is 5.69 Å². The van der Waals surface area contributed by atoms with Crippen LogP contribution >= 0.6 is 0 Å². The number of carbonyl (C=O) groups is 1. The molecule has 0 spiro atoms. The highest BCUT2D eigenvalue weighted by atomic mass is 19.1. The van der Waals surface area contributed by atoms with Gasteiger partial charge in [-0.05, 0) is 30.9 Å². The van der Waals surface area contributed by atoms with Crippen LogP contribution in [0.15, 0.2) is 30.5 Å². The second-order valence-corrected chi connectivity index (χ2v) is 6.06. The average Bonchev–Trinajstić information content (AvgIpc) is 3.32. The molecule has 0 radical (unpaired) electrons. The van der Waals surface area contributed by atoms with Gasteiger partial charge in [0.1, 0.15) is 5.82 Å². The molecule has 1 aromatic carbocycles. The SMILES string of the molecule is O=C(NCc1n[nH]c2c1CCC2)c1cn(Cc2ccccc2F)nn1. The lowest BCUT2D eigenvalue weighted by atomic mass is 10.2. The van der Waals surface area contributed by atoms with Crippen molar-refractivity contribution in [2.24, 2.45) is 0 Å². The summed E-state index contributed by atoms with van der Waals surface area (Å²) in [6.07, 6.45) is 4.64. The van der Waals surface area contributed by atoms with Crippen LogP contribution in [-0.2, 0) is 25.9 Å². The average molecular weight is 340 g/mol. The van der Waals surface area contributed by atoms with Gasteiger partial charge in [0, 0.05) is 11.3 Å². The zero-order chi connectivity index (χ0) is 17.2. The van der Waals surface area contributed by atoms with Crippen LogP contribution in [0.5, 0.6) is 0 Å². The van der Waals surface area contributed by atoms with Gasteiger partial charge in [0.2, 0.25) is 0 Å². The lowest BCUT2D eigenvalue weighted by Gasteiger charge is -2.02. The van der Waals surface area contributed by atoms with E-state index >= 15 is 0 Å². The summed E-state index contributed by atoms with van der Waals surface area (Å²) in [5.74, 6) is -0.633. The van der Waals surface area contributed by atoms with Gasteiger partial charge >= 0.3 is 0 Å². The lowest BCUT2D eigenvalue weighted by molar-refractivity contribution is 0.0945. The van der Waals surface area contributed by atoms with Crippen LogP contribution in [0.4, 0.5) is 4.39 Å². The summed E-state index contributed by atoms with van der Waals surface area (Å²) in [5.41, 5.74) is 3.94. The number of H-pyrrole nitrogens is 1. The quantitative estimate of drug-likeness (QED) is 0.738. The maximum absolute atomic E-state index is 13.7. The van der Waals surface area contributed by atoms with Crippen LogP contribution in [0.25, 0.3) is 0 Å². The van der Waals surface area contributed by atoms with Crippen LogP contribution in [0, 0.1) is 5.82 Å². The van der Waals surface area contributed by atoms with Crippen molar-refractivity contribution in [3.05, 3.63) is 64.5 Å². The van der Waals surface area contributed by atoms with Crippen molar-refractivity contribution >= 4 is 5.91 Å². The summed E-state index contributed by atoms with van der Waals surface area (Å²) in [6, 6.07) is 6.45. The third kappa shape index (κ3) is 3.15. The fourth-order valence-electron chi connectivity index (χ4n) is 3.07. The highest BCUT2D eigenvalue weighted by Crippen LogP contribution is 2.22. The van der Waals surface area contributed by atoms with E-state index in [1.54, 1.807) is 18.2 Å². The highest BCUT2D eigenvalue weighted by molar-refractivity contribution is 5.91. The Morgan fingerprint density at radius 3 is 3.08 bits per heavy atom. The number of rotatable bonds is 5. The zero-order valence-corrected chi connectivity index (χ0v) is 13.5. The molecule has 0 fully saturated rings. The monoisotopic (exact) mass is 340 g/mol. The van der Waals surface area contributed by atoms with E-state index in [-0.39, 0.29) is 24.0 Å². The van der Waals surface area contributed by atoms with Crippen molar-refractivity contribution < 1.29 is 9.18 Å². The molecule has 128 valence electrons. The maximum Gasteiger partial charge on any atom is 0.273 e. The molecule has 2 aromatic heterocycles. The fraction of sp³-hybridized carbons (Fsp3) is 0.294. The van der Waals surface area contributed by atoms with Crippen molar-refractivity contribution in [2.75, 3.05) is 0 Å². The second-order valence-electron chi connectivity index (χ2n) is 6.06. The van der Waals surface area contributed by atoms with Gasteiger partial charge < -0.3 is 5.32 Å². The molecule has 1 amide bonds. The van der Waals surface area contributed by atoms with Crippen LogP contribution in [0.3, 0.4) is 0 Å². The van der Waals surface area contributed by atoms with E-state index in [4.69, 9.17) is 0 Å². The molecule has 0 bridgehead atoms. The Morgan fingerprint density at radius 1 is 1.32 bits per heavy atom.